The fourth-order valence-corrected chi connectivity index (χ4v) is 4.93. The minimum atomic E-state index is -0.229. The van der Waals surface area contributed by atoms with Gasteiger partial charge in [-0.1, -0.05) is 36.9 Å². The van der Waals surface area contributed by atoms with E-state index in [1.165, 1.54) is 11.8 Å². The largest absolute Gasteiger partial charge is 0.342 e. The minimum Gasteiger partial charge on any atom is -0.342 e. The van der Waals surface area contributed by atoms with Crippen molar-refractivity contribution in [2.45, 2.75) is 50.4 Å². The van der Waals surface area contributed by atoms with Crippen LogP contribution < -0.4 is 5.49 Å². The first-order chi connectivity index (χ1) is 14.0. The van der Waals surface area contributed by atoms with E-state index in [0.29, 0.717) is 28.1 Å². The zero-order chi connectivity index (χ0) is 20.5. The number of likely N-dealkylation sites (tertiary alicyclic amines) is 1. The van der Waals surface area contributed by atoms with E-state index in [-0.39, 0.29) is 11.2 Å². The highest BCUT2D eigenvalue weighted by atomic mass is 32.2. The van der Waals surface area contributed by atoms with E-state index < -0.39 is 0 Å². The van der Waals surface area contributed by atoms with Crippen LogP contribution in [0.1, 0.15) is 37.4 Å². The molecule has 0 saturated carbocycles. The zero-order valence-electron chi connectivity index (χ0n) is 17.0. The van der Waals surface area contributed by atoms with Gasteiger partial charge in [-0.05, 0) is 44.7 Å². The molecule has 0 spiro atoms. The zero-order valence-corrected chi connectivity index (χ0v) is 17.8. The topological polar surface area (TPSA) is 90.7 Å². The highest BCUT2D eigenvalue weighted by molar-refractivity contribution is 8.00. The van der Waals surface area contributed by atoms with E-state index >= 15 is 0 Å². The number of para-hydroxylation sites is 1. The lowest BCUT2D eigenvalue weighted by molar-refractivity contribution is -0.129. The highest BCUT2D eigenvalue weighted by Gasteiger charge is 2.28. The number of H-pyrrole nitrogens is 1. The van der Waals surface area contributed by atoms with E-state index in [1.54, 1.807) is 0 Å². The summed E-state index contributed by atoms with van der Waals surface area (Å²) in [6, 6.07) is 7.96. The van der Waals surface area contributed by atoms with Crippen molar-refractivity contribution in [3.8, 4) is 5.69 Å². The predicted molar refractivity (Wildman–Crippen MR) is 114 cm³/mol. The number of aromatic amines is 1. The van der Waals surface area contributed by atoms with Gasteiger partial charge >= 0.3 is 0 Å². The Bertz CT molecular complexity index is 1110. The van der Waals surface area contributed by atoms with E-state index in [0.717, 1.165) is 42.9 Å². The summed E-state index contributed by atoms with van der Waals surface area (Å²) in [5.74, 6) is 0.165. The average Bonchev–Trinajstić information content (AvgIpc) is 3.37. The number of amides is 1. The predicted octanol–water partition coefficient (Wildman–Crippen LogP) is 3.34. The maximum Gasteiger partial charge on any atom is 0.236 e. The van der Waals surface area contributed by atoms with Crippen molar-refractivity contribution >= 4 is 28.7 Å². The molecule has 0 radical (unpaired) electrons. The third kappa shape index (κ3) is 3.57. The second kappa shape index (κ2) is 8.02. The second-order valence-electron chi connectivity index (χ2n) is 7.46. The lowest BCUT2D eigenvalue weighted by atomic mass is 10.2. The van der Waals surface area contributed by atoms with Gasteiger partial charge in [0.2, 0.25) is 5.91 Å². The molecule has 1 aromatic carbocycles. The summed E-state index contributed by atoms with van der Waals surface area (Å²) in [5.41, 5.74) is 3.62. The number of aromatic nitrogens is 4. The molecule has 1 fully saturated rings. The SMILES string of the molecule is CCC(Sc1nc2n[nH]c(C)c2c(=N)n1-c1ccccc1C)C(=O)N1CCCC1. The Morgan fingerprint density at radius 3 is 2.69 bits per heavy atom. The molecule has 1 atom stereocenters. The summed E-state index contributed by atoms with van der Waals surface area (Å²) in [6.07, 6.45) is 2.85. The van der Waals surface area contributed by atoms with Crippen LogP contribution in [-0.4, -0.2) is 48.9 Å². The van der Waals surface area contributed by atoms with Crippen LogP contribution in [0.3, 0.4) is 0 Å². The highest BCUT2D eigenvalue weighted by Crippen LogP contribution is 2.29. The quantitative estimate of drug-likeness (QED) is 0.499. The summed E-state index contributed by atoms with van der Waals surface area (Å²) in [5, 5.41) is 17.2. The molecule has 1 aliphatic rings. The van der Waals surface area contributed by atoms with Gasteiger partial charge in [0.25, 0.3) is 0 Å². The number of hydrogen-bond acceptors (Lipinski definition) is 5. The van der Waals surface area contributed by atoms with Crippen LogP contribution in [0, 0.1) is 19.3 Å². The van der Waals surface area contributed by atoms with Gasteiger partial charge in [0.15, 0.2) is 10.8 Å². The van der Waals surface area contributed by atoms with Crippen LogP contribution in [0.25, 0.3) is 16.7 Å². The third-order valence-corrected chi connectivity index (χ3v) is 6.75. The van der Waals surface area contributed by atoms with Gasteiger partial charge in [-0.25, -0.2) is 4.98 Å². The number of aryl methyl sites for hydroxylation is 2. The normalized spacial score (nSPS) is 15.2. The van der Waals surface area contributed by atoms with Crippen LogP contribution in [-0.2, 0) is 4.79 Å². The number of nitrogens with one attached hydrogen (secondary N) is 2. The first-order valence-corrected chi connectivity index (χ1v) is 10.9. The van der Waals surface area contributed by atoms with E-state index in [4.69, 9.17) is 10.4 Å². The number of rotatable bonds is 5. The van der Waals surface area contributed by atoms with Crippen molar-refractivity contribution in [3.63, 3.8) is 0 Å². The van der Waals surface area contributed by atoms with Gasteiger partial charge < -0.3 is 4.90 Å². The second-order valence-corrected chi connectivity index (χ2v) is 8.63. The summed E-state index contributed by atoms with van der Waals surface area (Å²) in [7, 11) is 0. The Kier molecular flexibility index (Phi) is 5.45. The number of carbonyl (C=O) groups is 1. The lowest BCUT2D eigenvalue weighted by Gasteiger charge is -2.23. The smallest absolute Gasteiger partial charge is 0.236 e. The maximum atomic E-state index is 13.0. The Labute approximate surface area is 174 Å². The van der Waals surface area contributed by atoms with Crippen molar-refractivity contribution in [1.82, 2.24) is 24.6 Å². The van der Waals surface area contributed by atoms with Crippen LogP contribution in [0.5, 0.6) is 0 Å². The van der Waals surface area contributed by atoms with Gasteiger partial charge in [-0.2, -0.15) is 5.10 Å². The van der Waals surface area contributed by atoms with Gasteiger partial charge in [0.05, 0.1) is 16.3 Å². The van der Waals surface area contributed by atoms with Crippen molar-refractivity contribution in [3.05, 3.63) is 41.0 Å². The number of nitrogens with zero attached hydrogens (tertiary/aromatic N) is 4. The third-order valence-electron chi connectivity index (χ3n) is 5.45. The number of carbonyl (C=O) groups excluding carboxylic acids is 1. The molecular formula is C21H26N6OS. The van der Waals surface area contributed by atoms with Crippen molar-refractivity contribution in [2.24, 2.45) is 0 Å². The van der Waals surface area contributed by atoms with Gasteiger partial charge in [-0.3, -0.25) is 19.9 Å². The summed E-state index contributed by atoms with van der Waals surface area (Å²) in [4.78, 5) is 19.8. The molecule has 0 aliphatic carbocycles. The van der Waals surface area contributed by atoms with E-state index in [1.807, 2.05) is 54.5 Å². The monoisotopic (exact) mass is 410 g/mol. The first-order valence-electron chi connectivity index (χ1n) is 10.0. The van der Waals surface area contributed by atoms with Crippen molar-refractivity contribution < 1.29 is 4.79 Å². The summed E-state index contributed by atoms with van der Waals surface area (Å²) >= 11 is 1.44. The molecule has 1 amide bonds. The molecule has 4 rings (SSSR count). The Hall–Kier alpha value is -2.61. The summed E-state index contributed by atoms with van der Waals surface area (Å²) in [6.45, 7) is 7.62. The Morgan fingerprint density at radius 2 is 2.00 bits per heavy atom. The van der Waals surface area contributed by atoms with Gasteiger partial charge in [0, 0.05) is 18.8 Å². The summed E-state index contributed by atoms with van der Waals surface area (Å²) < 4.78 is 1.85. The molecule has 8 heteroatoms. The Morgan fingerprint density at radius 1 is 1.28 bits per heavy atom. The number of benzene rings is 1. The average molecular weight is 411 g/mol. The molecule has 3 heterocycles. The van der Waals surface area contributed by atoms with E-state index in [2.05, 4.69) is 10.2 Å². The molecule has 2 N–H and O–H groups in total. The van der Waals surface area contributed by atoms with Crippen molar-refractivity contribution in [2.75, 3.05) is 13.1 Å². The molecule has 1 aliphatic heterocycles. The molecule has 29 heavy (non-hydrogen) atoms. The minimum absolute atomic E-state index is 0.165. The molecule has 152 valence electrons. The number of fused-ring (bicyclic) bond motifs is 1. The number of thioether (sulfide) groups is 1. The fourth-order valence-electron chi connectivity index (χ4n) is 3.82. The molecule has 1 saturated heterocycles. The molecule has 0 bridgehead atoms. The Balaban J connectivity index is 1.84. The standard InChI is InChI=1S/C21H26N6OS/c1-4-16(20(28)26-11-7-8-12-26)29-21-23-19-17(14(3)24-25-19)18(22)27(21)15-10-6-5-9-13(15)2/h5-6,9-10,16,22H,4,7-8,11-12H2,1-3H3,(H,24,25). The van der Waals surface area contributed by atoms with Crippen LogP contribution in [0.2, 0.25) is 0 Å². The molecule has 3 aromatic rings. The number of hydrogen-bond donors (Lipinski definition) is 2. The first kappa shape index (κ1) is 19.7. The lowest BCUT2D eigenvalue weighted by Crippen LogP contribution is -2.36. The van der Waals surface area contributed by atoms with Crippen LogP contribution in [0.15, 0.2) is 29.4 Å². The molecular weight excluding hydrogens is 384 g/mol. The fraction of sp³-hybridized carbons (Fsp3) is 0.429. The van der Waals surface area contributed by atoms with E-state index in [9.17, 15) is 4.79 Å². The molecule has 1 unspecified atom stereocenters. The van der Waals surface area contributed by atoms with Crippen LogP contribution >= 0.6 is 11.8 Å². The van der Waals surface area contributed by atoms with Gasteiger partial charge in [-0.15, -0.1) is 0 Å². The molecule has 2 aromatic heterocycles. The molecule has 7 nitrogen and oxygen atoms in total. The maximum absolute atomic E-state index is 13.0. The van der Waals surface area contributed by atoms with Crippen LogP contribution in [0.4, 0.5) is 0 Å². The van der Waals surface area contributed by atoms with Gasteiger partial charge in [0.1, 0.15) is 5.49 Å². The van der Waals surface area contributed by atoms with Crippen molar-refractivity contribution in [1.29, 1.82) is 5.41 Å².